The molecule has 0 radical (unpaired) electrons. The highest BCUT2D eigenvalue weighted by Crippen LogP contribution is 2.32. The zero-order valence-corrected chi connectivity index (χ0v) is 14.8. The Balaban J connectivity index is 1.80. The van der Waals surface area contributed by atoms with Gasteiger partial charge in [-0.2, -0.15) is 5.10 Å². The molecular weight excluding hydrogens is 319 g/mol. The molecule has 5 nitrogen and oxygen atoms in total. The molecule has 0 spiro atoms. The number of aromatic amines is 1. The monoisotopic (exact) mass is 344 g/mol. The first-order chi connectivity index (χ1) is 12.0. The lowest BCUT2D eigenvalue weighted by Gasteiger charge is -2.30. The van der Waals surface area contributed by atoms with Gasteiger partial charge < -0.3 is 9.80 Å². The van der Waals surface area contributed by atoms with Gasteiger partial charge in [-0.1, -0.05) is 12.1 Å². The topological polar surface area (TPSA) is 52.2 Å². The number of aromatic nitrogens is 2. The van der Waals surface area contributed by atoms with Gasteiger partial charge in [-0.25, -0.2) is 4.39 Å². The number of carbonyl (C=O) groups is 1. The molecule has 1 aliphatic carbocycles. The molecule has 1 aliphatic rings. The SMILES string of the molecule is CN(C)CCN(Cc1cccc(F)c1)C(=O)[C@@H]1CCCc2[nH]ncc21. The quantitative estimate of drug-likeness (QED) is 0.876. The Kier molecular flexibility index (Phi) is 5.48. The predicted molar refractivity (Wildman–Crippen MR) is 94.6 cm³/mol. The van der Waals surface area contributed by atoms with E-state index in [-0.39, 0.29) is 17.6 Å². The van der Waals surface area contributed by atoms with Gasteiger partial charge in [0.25, 0.3) is 0 Å². The number of likely N-dealkylation sites (N-methyl/N-ethyl adjacent to an activating group) is 1. The van der Waals surface area contributed by atoms with Crippen molar-refractivity contribution in [1.29, 1.82) is 0 Å². The molecule has 1 aromatic carbocycles. The summed E-state index contributed by atoms with van der Waals surface area (Å²) in [5.41, 5.74) is 2.91. The lowest BCUT2D eigenvalue weighted by molar-refractivity contribution is -0.134. The van der Waals surface area contributed by atoms with E-state index in [1.807, 2.05) is 25.1 Å². The van der Waals surface area contributed by atoms with Crippen molar-refractivity contribution >= 4 is 5.91 Å². The number of amides is 1. The number of nitrogens with one attached hydrogen (secondary N) is 1. The Morgan fingerprint density at radius 3 is 2.96 bits per heavy atom. The minimum Gasteiger partial charge on any atom is -0.337 e. The fourth-order valence-electron chi connectivity index (χ4n) is 3.38. The van der Waals surface area contributed by atoms with Gasteiger partial charge in [-0.3, -0.25) is 9.89 Å². The van der Waals surface area contributed by atoms with Crippen molar-refractivity contribution in [2.45, 2.75) is 31.7 Å². The summed E-state index contributed by atoms with van der Waals surface area (Å²) in [6.07, 6.45) is 4.55. The lowest BCUT2D eigenvalue weighted by Crippen LogP contribution is -2.39. The fourth-order valence-corrected chi connectivity index (χ4v) is 3.38. The minimum absolute atomic E-state index is 0.105. The third-order valence-electron chi connectivity index (χ3n) is 4.74. The maximum atomic E-state index is 13.5. The third-order valence-corrected chi connectivity index (χ3v) is 4.74. The number of halogens is 1. The van der Waals surface area contributed by atoms with E-state index in [9.17, 15) is 9.18 Å². The summed E-state index contributed by atoms with van der Waals surface area (Å²) in [5.74, 6) is -0.320. The summed E-state index contributed by atoms with van der Waals surface area (Å²) in [7, 11) is 3.97. The molecule has 3 rings (SSSR count). The van der Waals surface area contributed by atoms with E-state index in [0.29, 0.717) is 13.1 Å². The van der Waals surface area contributed by atoms with E-state index in [4.69, 9.17) is 0 Å². The second-order valence-corrected chi connectivity index (χ2v) is 6.94. The van der Waals surface area contributed by atoms with Crippen LogP contribution in [-0.4, -0.2) is 53.1 Å². The zero-order chi connectivity index (χ0) is 17.8. The molecule has 0 saturated carbocycles. The van der Waals surface area contributed by atoms with E-state index in [1.54, 1.807) is 12.3 Å². The Morgan fingerprint density at radius 1 is 1.36 bits per heavy atom. The van der Waals surface area contributed by atoms with Gasteiger partial charge >= 0.3 is 0 Å². The molecule has 25 heavy (non-hydrogen) atoms. The largest absolute Gasteiger partial charge is 0.337 e. The van der Waals surface area contributed by atoms with Gasteiger partial charge in [0.1, 0.15) is 5.82 Å². The summed E-state index contributed by atoms with van der Waals surface area (Å²) in [5, 5.41) is 7.12. The maximum absolute atomic E-state index is 13.5. The molecule has 1 atom stereocenters. The number of hydrogen-bond acceptors (Lipinski definition) is 3. The van der Waals surface area contributed by atoms with Gasteiger partial charge in [0.15, 0.2) is 0 Å². The highest BCUT2D eigenvalue weighted by atomic mass is 19.1. The molecule has 1 heterocycles. The molecule has 1 N–H and O–H groups in total. The molecule has 6 heteroatoms. The van der Waals surface area contributed by atoms with Crippen molar-refractivity contribution in [1.82, 2.24) is 20.0 Å². The van der Waals surface area contributed by atoms with E-state index >= 15 is 0 Å². The average molecular weight is 344 g/mol. The van der Waals surface area contributed by atoms with Crippen LogP contribution in [0.3, 0.4) is 0 Å². The third kappa shape index (κ3) is 4.25. The van der Waals surface area contributed by atoms with E-state index in [0.717, 1.165) is 42.6 Å². The number of benzene rings is 1. The number of hydrogen-bond donors (Lipinski definition) is 1. The standard InChI is InChI=1S/C19H25FN4O/c1-23(2)9-10-24(13-14-5-3-6-15(20)11-14)19(25)16-7-4-8-18-17(16)12-21-22-18/h3,5-6,11-12,16H,4,7-10,13H2,1-2H3,(H,21,22)/t16-/m1/s1. The van der Waals surface area contributed by atoms with Crippen LogP contribution in [0.2, 0.25) is 0 Å². The molecule has 2 aromatic rings. The Hall–Kier alpha value is -2.21. The highest BCUT2D eigenvalue weighted by Gasteiger charge is 2.31. The van der Waals surface area contributed by atoms with Crippen molar-refractivity contribution in [2.24, 2.45) is 0 Å². The first kappa shape index (κ1) is 17.6. The molecule has 0 aliphatic heterocycles. The number of carbonyl (C=O) groups excluding carboxylic acids is 1. The zero-order valence-electron chi connectivity index (χ0n) is 14.8. The first-order valence-corrected chi connectivity index (χ1v) is 8.74. The second-order valence-electron chi connectivity index (χ2n) is 6.94. The van der Waals surface area contributed by atoms with Gasteiger partial charge in [0, 0.05) is 30.9 Å². The molecule has 0 unspecified atom stereocenters. The lowest BCUT2D eigenvalue weighted by atomic mass is 9.86. The fraction of sp³-hybridized carbons (Fsp3) is 0.474. The summed E-state index contributed by atoms with van der Waals surface area (Å²) in [4.78, 5) is 17.1. The van der Waals surface area contributed by atoms with Crippen molar-refractivity contribution in [3.8, 4) is 0 Å². The van der Waals surface area contributed by atoms with Crippen LogP contribution < -0.4 is 0 Å². The molecule has 134 valence electrons. The number of aryl methyl sites for hydroxylation is 1. The van der Waals surface area contributed by atoms with Crippen LogP contribution in [-0.2, 0) is 17.8 Å². The van der Waals surface area contributed by atoms with Crippen molar-refractivity contribution < 1.29 is 9.18 Å². The van der Waals surface area contributed by atoms with Gasteiger partial charge in [0.2, 0.25) is 5.91 Å². The van der Waals surface area contributed by atoms with E-state index in [2.05, 4.69) is 15.1 Å². The van der Waals surface area contributed by atoms with Gasteiger partial charge in [-0.15, -0.1) is 0 Å². The minimum atomic E-state index is -0.271. The summed E-state index contributed by atoms with van der Waals surface area (Å²) < 4.78 is 13.5. The first-order valence-electron chi connectivity index (χ1n) is 8.74. The number of rotatable bonds is 6. The van der Waals surface area contributed by atoms with Crippen LogP contribution in [0.4, 0.5) is 4.39 Å². The Bertz CT molecular complexity index is 728. The van der Waals surface area contributed by atoms with Crippen LogP contribution in [0.5, 0.6) is 0 Å². The molecular formula is C19H25FN4O. The Morgan fingerprint density at radius 2 is 2.20 bits per heavy atom. The van der Waals surface area contributed by atoms with Gasteiger partial charge in [-0.05, 0) is 51.1 Å². The molecule has 1 aromatic heterocycles. The summed E-state index contributed by atoms with van der Waals surface area (Å²) >= 11 is 0. The van der Waals surface area contributed by atoms with Crippen LogP contribution >= 0.6 is 0 Å². The number of nitrogens with zero attached hydrogens (tertiary/aromatic N) is 3. The Labute approximate surface area is 147 Å². The highest BCUT2D eigenvalue weighted by molar-refractivity contribution is 5.84. The van der Waals surface area contributed by atoms with E-state index in [1.165, 1.54) is 12.1 Å². The van der Waals surface area contributed by atoms with Crippen LogP contribution in [0, 0.1) is 5.82 Å². The smallest absolute Gasteiger partial charge is 0.230 e. The normalized spacial score (nSPS) is 16.7. The number of H-pyrrole nitrogens is 1. The average Bonchev–Trinajstić information content (AvgIpc) is 3.06. The molecule has 0 saturated heterocycles. The van der Waals surface area contributed by atoms with Crippen molar-refractivity contribution in [3.05, 3.63) is 53.1 Å². The molecule has 0 bridgehead atoms. The van der Waals surface area contributed by atoms with E-state index < -0.39 is 0 Å². The van der Waals surface area contributed by atoms with Crippen LogP contribution in [0.1, 0.15) is 35.6 Å². The van der Waals surface area contributed by atoms with Crippen molar-refractivity contribution in [2.75, 3.05) is 27.2 Å². The van der Waals surface area contributed by atoms with Gasteiger partial charge in [0.05, 0.1) is 12.1 Å². The van der Waals surface area contributed by atoms with Crippen LogP contribution in [0.15, 0.2) is 30.5 Å². The maximum Gasteiger partial charge on any atom is 0.230 e. The molecule has 1 amide bonds. The summed E-state index contributed by atoms with van der Waals surface area (Å²) in [6, 6.07) is 6.48. The predicted octanol–water partition coefficient (Wildman–Crippen LogP) is 2.56. The second kappa shape index (κ2) is 7.78. The summed E-state index contributed by atoms with van der Waals surface area (Å²) in [6.45, 7) is 1.81. The molecule has 0 fully saturated rings. The number of fused-ring (bicyclic) bond motifs is 1. The van der Waals surface area contributed by atoms with Crippen LogP contribution in [0.25, 0.3) is 0 Å². The van der Waals surface area contributed by atoms with Crippen molar-refractivity contribution in [3.63, 3.8) is 0 Å².